The Labute approximate surface area is 359 Å². The van der Waals surface area contributed by atoms with Crippen molar-refractivity contribution in [2.75, 3.05) is 4.90 Å². The van der Waals surface area contributed by atoms with E-state index in [-0.39, 0.29) is 28.3 Å². The highest BCUT2D eigenvalue weighted by Gasteiger charge is 2.20. The van der Waals surface area contributed by atoms with Crippen LogP contribution in [0.1, 0.15) is 24.7 Å². The highest BCUT2D eigenvalue weighted by atomic mass is 15.1. The molecule has 0 saturated heterocycles. The Balaban J connectivity index is 1.37. The van der Waals surface area contributed by atoms with Crippen LogP contribution >= 0.6 is 0 Å². The van der Waals surface area contributed by atoms with Crippen molar-refractivity contribution in [1.29, 1.82) is 0 Å². The van der Waals surface area contributed by atoms with Gasteiger partial charge in [0.1, 0.15) is 0 Å². The molecular weight excluding hydrogens is 687 g/mol. The van der Waals surface area contributed by atoms with Crippen LogP contribution in [0.5, 0.6) is 0 Å². The van der Waals surface area contributed by atoms with Gasteiger partial charge in [0.2, 0.25) is 0 Å². The number of fused-ring (bicyclic) bond motifs is 2. The van der Waals surface area contributed by atoms with Gasteiger partial charge in [-0.05, 0) is 108 Å². The van der Waals surface area contributed by atoms with Gasteiger partial charge in [0.05, 0.1) is 30.4 Å². The molecule has 0 aliphatic rings. The number of rotatable bonds is 8. The molecule has 0 saturated carbocycles. The lowest BCUT2D eigenvalue weighted by molar-refractivity contribution is 1.28. The number of hydrogen-bond acceptors (Lipinski definition) is 1. The first-order chi connectivity index (χ1) is 35.8. The fourth-order valence-electron chi connectivity index (χ4n) is 6.96. The summed E-state index contributed by atoms with van der Waals surface area (Å²) >= 11 is 0. The highest BCUT2D eigenvalue weighted by molar-refractivity contribution is 6.04. The molecule has 0 heterocycles. The first-order valence-electron chi connectivity index (χ1n) is 27.1. The van der Waals surface area contributed by atoms with Crippen LogP contribution in [-0.2, 0) is 0 Å². The third-order valence-corrected chi connectivity index (χ3v) is 9.64. The number of anilines is 3. The van der Waals surface area contributed by atoms with Crippen molar-refractivity contribution >= 4 is 38.6 Å². The molecule has 0 aliphatic carbocycles. The molecule has 0 N–H and O–H groups in total. The lowest BCUT2D eigenvalue weighted by atomic mass is 9.89. The molecule has 0 aliphatic heterocycles. The predicted molar refractivity (Wildman–Crippen MR) is 243 cm³/mol. The molecule has 57 heavy (non-hydrogen) atoms. The second-order valence-electron chi connectivity index (χ2n) is 13.1. The van der Waals surface area contributed by atoms with Gasteiger partial charge < -0.3 is 4.90 Å². The maximum Gasteiger partial charge on any atom is 0.0645 e. The lowest BCUT2D eigenvalue weighted by Crippen LogP contribution is -2.11. The molecule has 0 bridgehead atoms. The van der Waals surface area contributed by atoms with E-state index in [1.165, 1.54) is 0 Å². The number of nitrogens with zero attached hydrogens (tertiary/aromatic N) is 1. The molecule has 10 rings (SSSR count). The summed E-state index contributed by atoms with van der Waals surface area (Å²) in [6.45, 7) is 0. The van der Waals surface area contributed by atoms with Crippen LogP contribution in [0.3, 0.4) is 0 Å². The van der Waals surface area contributed by atoms with E-state index >= 15 is 0 Å². The Hall–Kier alpha value is -7.48. The predicted octanol–water partition coefficient (Wildman–Crippen LogP) is 15.8. The van der Waals surface area contributed by atoms with Crippen molar-refractivity contribution < 1.29 is 24.7 Å². The molecule has 0 amide bonds. The average molecular weight is 744 g/mol. The maximum atomic E-state index is 9.95. The van der Waals surface area contributed by atoms with E-state index in [0.29, 0.717) is 22.3 Å². The summed E-state index contributed by atoms with van der Waals surface area (Å²) in [5.74, 6) is 0. The summed E-state index contributed by atoms with van der Waals surface area (Å²) in [6, 6.07) is 23.3. The molecule has 0 radical (unpaired) electrons. The van der Waals surface area contributed by atoms with Crippen LogP contribution in [0, 0.1) is 0 Å². The second kappa shape index (κ2) is 15.0. The minimum absolute atomic E-state index is 0.00107. The molecule has 0 fully saturated rings. The Morgan fingerprint density at radius 1 is 0.316 bits per heavy atom. The summed E-state index contributed by atoms with van der Waals surface area (Å²) in [6.07, 6.45) is 0. The van der Waals surface area contributed by atoms with E-state index in [1.807, 2.05) is 54.6 Å². The summed E-state index contributed by atoms with van der Waals surface area (Å²) in [5.41, 5.74) is -1.18. The average Bonchev–Trinajstić information content (AvgIpc) is 3.44. The summed E-state index contributed by atoms with van der Waals surface area (Å²) < 4.78 is 169. The molecule has 10 aromatic rings. The van der Waals surface area contributed by atoms with Gasteiger partial charge >= 0.3 is 0 Å². The van der Waals surface area contributed by atoms with Crippen LogP contribution in [0.25, 0.3) is 77.2 Å². The van der Waals surface area contributed by atoms with Crippen molar-refractivity contribution in [1.82, 2.24) is 0 Å². The zero-order valence-electron chi connectivity index (χ0n) is 48.1. The Kier molecular flexibility index (Phi) is 5.23. The maximum absolute atomic E-state index is 9.95. The van der Waals surface area contributed by atoms with Gasteiger partial charge in [-0.3, -0.25) is 0 Å². The molecule has 0 unspecified atom stereocenters. The van der Waals surface area contributed by atoms with Gasteiger partial charge in [-0.15, -0.1) is 0 Å². The van der Waals surface area contributed by atoms with Gasteiger partial charge in [-0.2, -0.15) is 0 Å². The fraction of sp³-hybridized carbons (Fsp3) is 0. The highest BCUT2D eigenvalue weighted by Crippen LogP contribution is 2.45. The van der Waals surface area contributed by atoms with Crippen LogP contribution in [-0.4, -0.2) is 0 Å². The first kappa shape index (κ1) is 19.9. The number of hydrogen-bond donors (Lipinski definition) is 0. The monoisotopic (exact) mass is 743 g/mol. The van der Waals surface area contributed by atoms with E-state index in [0.717, 1.165) is 15.7 Å². The van der Waals surface area contributed by atoms with Crippen molar-refractivity contribution in [3.63, 3.8) is 0 Å². The molecule has 0 atom stereocenters. The first-order valence-corrected chi connectivity index (χ1v) is 18.1. The van der Waals surface area contributed by atoms with Gasteiger partial charge in [-0.25, -0.2) is 0 Å². The smallest absolute Gasteiger partial charge is 0.0645 e. The SMILES string of the molecule is [2H]c1c([2H])c(N(c2c([2H])c([2H])c(-c3ccc4ccccc4c3-c3ccccc3)c([2H])c2[2H])c2c([2H])c([2H])c(-c3c([2H])c([2H])c([2H])c4c([2H])c([2H])c([2H])c([2H])c34)c([2H])c2[2H])c(-c2ccccc2)c([2H])c1-c1ccccc1. The topological polar surface area (TPSA) is 3.24 Å². The summed E-state index contributed by atoms with van der Waals surface area (Å²) in [7, 11) is 0. The van der Waals surface area contributed by atoms with E-state index in [9.17, 15) is 15.1 Å². The van der Waals surface area contributed by atoms with Crippen LogP contribution < -0.4 is 4.90 Å². The standard InChI is InChI=1S/C56H39N/c1-4-15-40(16-5-1)47-32-38-55(54(39-47)42-17-6-2-7-18-42)57(48-33-27-44(28-34-48)51-26-14-23-41-19-10-12-24-50(41)51)49-35-29-45(30-36-49)53-37-31-43-20-11-13-25-52(43)56(53)46-21-8-3-9-22-46/h1-39H/i10D,12D,14D,19D,23D,24D,26D,27D,28D,29D,30D,32D,33D,34D,35D,36D,38D,39D. The van der Waals surface area contributed by atoms with Gasteiger partial charge in [-0.1, -0.05) is 200 Å². The Morgan fingerprint density at radius 2 is 0.877 bits per heavy atom. The zero-order chi connectivity index (χ0) is 53.6. The molecule has 10 aromatic carbocycles. The quantitative estimate of drug-likeness (QED) is 0.150. The van der Waals surface area contributed by atoms with Crippen molar-refractivity contribution in [3.8, 4) is 55.6 Å². The molecular formula is C56H39N. The van der Waals surface area contributed by atoms with Gasteiger partial charge in [0.15, 0.2) is 0 Å². The molecule has 1 heteroatoms. The zero-order valence-corrected chi connectivity index (χ0v) is 30.1. The van der Waals surface area contributed by atoms with E-state index in [4.69, 9.17) is 9.60 Å². The minimum Gasteiger partial charge on any atom is -0.310 e. The van der Waals surface area contributed by atoms with Crippen molar-refractivity contribution in [2.24, 2.45) is 0 Å². The van der Waals surface area contributed by atoms with E-state index in [1.54, 1.807) is 72.8 Å². The summed E-state index contributed by atoms with van der Waals surface area (Å²) in [4.78, 5) is 0.859. The van der Waals surface area contributed by atoms with Gasteiger partial charge in [0, 0.05) is 16.9 Å². The van der Waals surface area contributed by atoms with Crippen LogP contribution in [0.4, 0.5) is 17.1 Å². The fourth-order valence-corrected chi connectivity index (χ4v) is 6.96. The number of benzene rings is 10. The normalized spacial score (nSPS) is 15.6. The minimum atomic E-state index is -0.966. The molecule has 268 valence electrons. The Bertz CT molecular complexity index is 3970. The van der Waals surface area contributed by atoms with Crippen LogP contribution in [0.2, 0.25) is 0 Å². The van der Waals surface area contributed by atoms with Crippen molar-refractivity contribution in [2.45, 2.75) is 0 Å². The molecule has 0 aromatic heterocycles. The van der Waals surface area contributed by atoms with E-state index < -0.39 is 142 Å². The van der Waals surface area contributed by atoms with Crippen molar-refractivity contribution in [3.05, 3.63) is 236 Å². The van der Waals surface area contributed by atoms with Crippen LogP contribution in [0.15, 0.2) is 236 Å². The third kappa shape index (κ3) is 6.56. The third-order valence-electron chi connectivity index (χ3n) is 9.64. The largest absolute Gasteiger partial charge is 0.310 e. The van der Waals surface area contributed by atoms with E-state index in [2.05, 4.69) is 0 Å². The second-order valence-corrected chi connectivity index (χ2v) is 13.1. The molecule has 0 spiro atoms. The Morgan fingerprint density at radius 3 is 1.58 bits per heavy atom. The lowest BCUT2D eigenvalue weighted by Gasteiger charge is -2.29. The molecule has 1 nitrogen and oxygen atoms in total. The van der Waals surface area contributed by atoms with Gasteiger partial charge in [0.25, 0.3) is 0 Å². The summed E-state index contributed by atoms with van der Waals surface area (Å²) in [5, 5.41) is 0.571.